The molecule has 0 spiro atoms. The Hall–Kier alpha value is -1.51. The Morgan fingerprint density at radius 2 is 2.17 bits per heavy atom. The maximum Gasteiger partial charge on any atom is 0.193 e. The molecule has 98 valence electrons. The summed E-state index contributed by atoms with van der Waals surface area (Å²) >= 11 is 0. The summed E-state index contributed by atoms with van der Waals surface area (Å²) in [5.74, 6) is 1.81. The van der Waals surface area contributed by atoms with Crippen LogP contribution < -0.4 is 5.32 Å². The van der Waals surface area contributed by atoms with E-state index in [4.69, 9.17) is 0 Å². The first-order chi connectivity index (χ1) is 8.79. The monoisotopic (exact) mass is 245 g/mol. The number of guanidine groups is 1. The second-order valence-electron chi connectivity index (χ2n) is 5.08. The van der Waals surface area contributed by atoms with Gasteiger partial charge in [0.1, 0.15) is 0 Å². The normalized spacial score (nSPS) is 20.9. The Labute approximate surface area is 110 Å². The van der Waals surface area contributed by atoms with Crippen LogP contribution in [0.3, 0.4) is 0 Å². The van der Waals surface area contributed by atoms with Crippen LogP contribution in [0.4, 0.5) is 0 Å². The molecule has 18 heavy (non-hydrogen) atoms. The molecule has 1 aromatic rings. The molecule has 3 nitrogen and oxygen atoms in total. The van der Waals surface area contributed by atoms with Gasteiger partial charge < -0.3 is 10.2 Å². The van der Waals surface area contributed by atoms with Crippen LogP contribution in [0, 0.1) is 5.92 Å². The van der Waals surface area contributed by atoms with E-state index >= 15 is 0 Å². The van der Waals surface area contributed by atoms with Crippen molar-refractivity contribution >= 4 is 5.96 Å². The van der Waals surface area contributed by atoms with Gasteiger partial charge in [0, 0.05) is 26.7 Å². The zero-order valence-corrected chi connectivity index (χ0v) is 11.4. The maximum absolute atomic E-state index is 4.39. The van der Waals surface area contributed by atoms with Crippen LogP contribution in [-0.2, 0) is 6.54 Å². The average Bonchev–Trinajstić information content (AvgIpc) is 2.41. The van der Waals surface area contributed by atoms with Crippen molar-refractivity contribution in [2.75, 3.05) is 20.1 Å². The maximum atomic E-state index is 4.39. The van der Waals surface area contributed by atoms with Gasteiger partial charge in [-0.3, -0.25) is 4.99 Å². The summed E-state index contributed by atoms with van der Waals surface area (Å²) in [6.07, 6.45) is 2.61. The highest BCUT2D eigenvalue weighted by molar-refractivity contribution is 5.79. The second kappa shape index (κ2) is 6.43. The zero-order valence-electron chi connectivity index (χ0n) is 11.4. The van der Waals surface area contributed by atoms with Crippen molar-refractivity contribution < 1.29 is 0 Å². The first kappa shape index (κ1) is 12.9. The summed E-state index contributed by atoms with van der Waals surface area (Å²) in [7, 11) is 1.87. The lowest BCUT2D eigenvalue weighted by atomic mass is 10.0. The van der Waals surface area contributed by atoms with Crippen LogP contribution in [0.5, 0.6) is 0 Å². The van der Waals surface area contributed by atoms with E-state index in [1.807, 2.05) is 13.1 Å². The molecular weight excluding hydrogens is 222 g/mol. The summed E-state index contributed by atoms with van der Waals surface area (Å²) in [6, 6.07) is 10.5. The summed E-state index contributed by atoms with van der Waals surface area (Å²) in [5.41, 5.74) is 1.30. The average molecular weight is 245 g/mol. The number of aliphatic imine (C=N–C) groups is 1. The van der Waals surface area contributed by atoms with E-state index in [-0.39, 0.29) is 0 Å². The van der Waals surface area contributed by atoms with Gasteiger partial charge in [-0.25, -0.2) is 0 Å². The Morgan fingerprint density at radius 1 is 1.39 bits per heavy atom. The highest BCUT2D eigenvalue weighted by Gasteiger charge is 2.18. The number of likely N-dealkylation sites (tertiary alicyclic amines) is 1. The number of rotatable bonds is 2. The topological polar surface area (TPSA) is 27.6 Å². The smallest absolute Gasteiger partial charge is 0.193 e. The molecule has 1 atom stereocenters. The summed E-state index contributed by atoms with van der Waals surface area (Å²) in [4.78, 5) is 6.76. The molecule has 1 aliphatic heterocycles. The molecule has 0 radical (unpaired) electrons. The largest absolute Gasteiger partial charge is 0.352 e. The van der Waals surface area contributed by atoms with Crippen molar-refractivity contribution in [3.05, 3.63) is 35.9 Å². The molecule has 0 bridgehead atoms. The first-order valence-corrected chi connectivity index (χ1v) is 6.79. The summed E-state index contributed by atoms with van der Waals surface area (Å²) in [5, 5.41) is 3.45. The fourth-order valence-electron chi connectivity index (χ4n) is 2.49. The van der Waals surface area contributed by atoms with Crippen LogP contribution in [0.2, 0.25) is 0 Å². The van der Waals surface area contributed by atoms with E-state index in [2.05, 4.69) is 46.4 Å². The number of nitrogens with zero attached hydrogens (tertiary/aromatic N) is 2. The van der Waals surface area contributed by atoms with Crippen LogP contribution in [0.25, 0.3) is 0 Å². The molecule has 0 aliphatic carbocycles. The fourth-order valence-corrected chi connectivity index (χ4v) is 2.49. The van der Waals surface area contributed by atoms with E-state index in [0.29, 0.717) is 0 Å². The molecule has 1 aromatic carbocycles. The predicted octanol–water partition coefficient (Wildman–Crippen LogP) is 2.49. The van der Waals surface area contributed by atoms with Crippen molar-refractivity contribution in [3.63, 3.8) is 0 Å². The Morgan fingerprint density at radius 3 is 2.83 bits per heavy atom. The number of hydrogen-bond acceptors (Lipinski definition) is 1. The fraction of sp³-hybridized carbons (Fsp3) is 0.533. The Bertz CT molecular complexity index is 386. The molecule has 1 saturated heterocycles. The van der Waals surface area contributed by atoms with Crippen molar-refractivity contribution in [1.82, 2.24) is 10.2 Å². The number of hydrogen-bond donors (Lipinski definition) is 1. The number of nitrogens with one attached hydrogen (secondary N) is 1. The molecular formula is C15H23N3. The lowest BCUT2D eigenvalue weighted by Crippen LogP contribution is -2.45. The molecule has 0 saturated carbocycles. The lowest BCUT2D eigenvalue weighted by Gasteiger charge is -2.33. The minimum absolute atomic E-state index is 0.772. The third-order valence-corrected chi connectivity index (χ3v) is 3.46. The lowest BCUT2D eigenvalue weighted by molar-refractivity contribution is 0.266. The van der Waals surface area contributed by atoms with E-state index in [9.17, 15) is 0 Å². The van der Waals surface area contributed by atoms with Gasteiger partial charge >= 0.3 is 0 Å². The van der Waals surface area contributed by atoms with Gasteiger partial charge in [-0.15, -0.1) is 0 Å². The molecule has 1 N–H and O–H groups in total. The Kier molecular flexibility index (Phi) is 4.62. The van der Waals surface area contributed by atoms with Gasteiger partial charge in [0.25, 0.3) is 0 Å². The van der Waals surface area contributed by atoms with E-state index < -0.39 is 0 Å². The SMILES string of the molecule is CN=C(NCc1ccccc1)N1CCCC(C)C1. The van der Waals surface area contributed by atoms with Crippen LogP contribution in [0.15, 0.2) is 35.3 Å². The number of piperidine rings is 1. The molecule has 1 aliphatic rings. The first-order valence-electron chi connectivity index (χ1n) is 6.79. The standard InChI is InChI=1S/C15H23N3/c1-13-7-6-10-18(12-13)15(16-2)17-11-14-8-4-3-5-9-14/h3-5,8-9,13H,6-7,10-12H2,1-2H3,(H,16,17). The third kappa shape index (κ3) is 3.49. The molecule has 2 rings (SSSR count). The van der Waals surface area contributed by atoms with Crippen LogP contribution in [0.1, 0.15) is 25.3 Å². The van der Waals surface area contributed by atoms with Gasteiger partial charge in [0.15, 0.2) is 5.96 Å². The molecule has 3 heteroatoms. The number of benzene rings is 1. The van der Waals surface area contributed by atoms with Crippen LogP contribution >= 0.6 is 0 Å². The molecule has 0 aromatic heterocycles. The van der Waals surface area contributed by atoms with Crippen LogP contribution in [-0.4, -0.2) is 31.0 Å². The Balaban J connectivity index is 1.90. The summed E-state index contributed by atoms with van der Waals surface area (Å²) < 4.78 is 0. The van der Waals surface area contributed by atoms with Gasteiger partial charge in [-0.2, -0.15) is 0 Å². The van der Waals surface area contributed by atoms with Gasteiger partial charge in [0.05, 0.1) is 0 Å². The quantitative estimate of drug-likeness (QED) is 0.640. The highest BCUT2D eigenvalue weighted by Crippen LogP contribution is 2.15. The van der Waals surface area contributed by atoms with Gasteiger partial charge in [0.2, 0.25) is 0 Å². The molecule has 1 fully saturated rings. The molecule has 1 unspecified atom stereocenters. The van der Waals surface area contributed by atoms with Crippen molar-refractivity contribution in [3.8, 4) is 0 Å². The predicted molar refractivity (Wildman–Crippen MR) is 76.6 cm³/mol. The van der Waals surface area contributed by atoms with Crippen molar-refractivity contribution in [1.29, 1.82) is 0 Å². The highest BCUT2D eigenvalue weighted by atomic mass is 15.3. The van der Waals surface area contributed by atoms with E-state index in [0.717, 1.165) is 31.5 Å². The third-order valence-electron chi connectivity index (χ3n) is 3.46. The second-order valence-corrected chi connectivity index (χ2v) is 5.08. The van der Waals surface area contributed by atoms with Gasteiger partial charge in [-0.05, 0) is 24.3 Å². The molecule has 0 amide bonds. The van der Waals surface area contributed by atoms with E-state index in [1.165, 1.54) is 18.4 Å². The minimum Gasteiger partial charge on any atom is -0.352 e. The van der Waals surface area contributed by atoms with E-state index in [1.54, 1.807) is 0 Å². The zero-order chi connectivity index (χ0) is 12.8. The summed E-state index contributed by atoms with van der Waals surface area (Å²) in [6.45, 7) is 5.41. The molecule has 1 heterocycles. The van der Waals surface area contributed by atoms with Gasteiger partial charge in [-0.1, -0.05) is 37.3 Å². The van der Waals surface area contributed by atoms with Crippen molar-refractivity contribution in [2.24, 2.45) is 10.9 Å². The minimum atomic E-state index is 0.772. The van der Waals surface area contributed by atoms with Crippen molar-refractivity contribution in [2.45, 2.75) is 26.3 Å².